The number of piperidine rings is 2. The van der Waals surface area contributed by atoms with Crippen LogP contribution in [0.25, 0.3) is 0 Å². The van der Waals surface area contributed by atoms with Crippen molar-refractivity contribution in [2.45, 2.75) is 239 Å². The maximum atomic E-state index is 13.8. The van der Waals surface area contributed by atoms with Crippen LogP contribution >= 0.6 is 0 Å². The second-order valence-electron chi connectivity index (χ2n) is 18.6. The van der Waals surface area contributed by atoms with Gasteiger partial charge in [0.05, 0.1) is 18.4 Å². The van der Waals surface area contributed by atoms with Crippen LogP contribution < -0.4 is 0 Å². The van der Waals surface area contributed by atoms with E-state index in [1.54, 1.807) is 0 Å². The van der Waals surface area contributed by atoms with E-state index in [9.17, 15) is 14.7 Å². The molecule has 336 valence electrons. The second-order valence-corrected chi connectivity index (χ2v) is 18.6. The molecule has 7 nitrogen and oxygen atoms in total. The van der Waals surface area contributed by atoms with E-state index in [0.29, 0.717) is 25.2 Å². The number of hydrogen-bond donors (Lipinski definition) is 1. The van der Waals surface area contributed by atoms with E-state index in [1.165, 1.54) is 142 Å². The highest BCUT2D eigenvalue weighted by atomic mass is 16.5. The minimum Gasteiger partial charge on any atom is -0.465 e. The predicted molar refractivity (Wildman–Crippen MR) is 241 cm³/mol. The number of ether oxygens (including phenoxy) is 2. The lowest BCUT2D eigenvalue weighted by molar-refractivity contribution is -0.151. The Labute approximate surface area is 353 Å². The summed E-state index contributed by atoms with van der Waals surface area (Å²) in [6.07, 6.45) is 37.0. The lowest BCUT2D eigenvalue weighted by Gasteiger charge is -2.48. The number of rotatable bonds is 37. The third kappa shape index (κ3) is 24.0. The number of aliphatic hydroxyl groups is 1. The molecule has 2 heterocycles. The molecule has 3 unspecified atom stereocenters. The van der Waals surface area contributed by atoms with Gasteiger partial charge in [-0.2, -0.15) is 0 Å². The second kappa shape index (κ2) is 34.5. The highest BCUT2D eigenvalue weighted by Gasteiger charge is 2.39. The van der Waals surface area contributed by atoms with Gasteiger partial charge in [-0.15, -0.1) is 0 Å². The highest BCUT2D eigenvalue weighted by Crippen LogP contribution is 2.42. The molecule has 0 aliphatic carbocycles. The van der Waals surface area contributed by atoms with Gasteiger partial charge in [-0.3, -0.25) is 14.5 Å². The summed E-state index contributed by atoms with van der Waals surface area (Å²) >= 11 is 0. The zero-order valence-corrected chi connectivity index (χ0v) is 38.5. The van der Waals surface area contributed by atoms with Gasteiger partial charge >= 0.3 is 11.9 Å². The van der Waals surface area contributed by atoms with Gasteiger partial charge in [0.1, 0.15) is 6.61 Å². The molecule has 0 saturated carbocycles. The van der Waals surface area contributed by atoms with Crippen molar-refractivity contribution in [3.63, 3.8) is 0 Å². The fourth-order valence-electron chi connectivity index (χ4n) is 9.58. The largest absolute Gasteiger partial charge is 0.465 e. The summed E-state index contributed by atoms with van der Waals surface area (Å²) in [5, 5.41) is 9.22. The van der Waals surface area contributed by atoms with E-state index in [4.69, 9.17) is 9.47 Å². The van der Waals surface area contributed by atoms with Crippen molar-refractivity contribution in [3.8, 4) is 0 Å². The number of aliphatic hydroxyl groups excluding tert-OH is 1. The lowest BCUT2D eigenvalue weighted by Crippen LogP contribution is -2.50. The van der Waals surface area contributed by atoms with E-state index < -0.39 is 0 Å². The molecule has 57 heavy (non-hydrogen) atoms. The Balaban J connectivity index is 2.00. The zero-order chi connectivity index (χ0) is 41.2. The minimum atomic E-state index is 0.0164. The first-order valence-electron chi connectivity index (χ1n) is 25.3. The van der Waals surface area contributed by atoms with Crippen LogP contribution in [0.5, 0.6) is 0 Å². The number of hydrogen-bond acceptors (Lipinski definition) is 7. The summed E-state index contributed by atoms with van der Waals surface area (Å²) in [5.41, 5.74) is 0.434. The smallest absolute Gasteiger partial charge is 0.308 e. The van der Waals surface area contributed by atoms with Gasteiger partial charge < -0.3 is 19.5 Å². The van der Waals surface area contributed by atoms with Crippen LogP contribution in [0.2, 0.25) is 0 Å². The normalized spacial score (nSPS) is 17.8. The Morgan fingerprint density at radius 1 is 0.509 bits per heavy atom. The van der Waals surface area contributed by atoms with Gasteiger partial charge in [0, 0.05) is 12.6 Å². The Morgan fingerprint density at radius 3 is 1.40 bits per heavy atom. The molecule has 2 saturated heterocycles. The number of carbonyl (C=O) groups excluding carboxylic acids is 2. The monoisotopic (exact) mass is 805 g/mol. The Hall–Kier alpha value is -1.18. The fourth-order valence-corrected chi connectivity index (χ4v) is 9.58. The minimum absolute atomic E-state index is 0.0164. The summed E-state index contributed by atoms with van der Waals surface area (Å²) in [4.78, 5) is 32.4. The summed E-state index contributed by atoms with van der Waals surface area (Å²) in [5.74, 6) is 0.0956. The topological polar surface area (TPSA) is 79.3 Å². The molecule has 2 fully saturated rings. The molecule has 1 N–H and O–H groups in total. The Bertz CT molecular complexity index is 943. The standard InChI is InChI=1S/C50H96N2O5/c1-5-9-13-17-19-23-30-45(28-21-15-11-7-3)48(54)56-43-27-32-47(52-40-35-50(36-41-52)33-38-51(39-34-50)37-25-26-42-53)44-57-49(55)46(29-22-16-12-8-4)31-24-20-18-14-10-6-2/h45-47,53H,5-44H2,1-4H3. The Morgan fingerprint density at radius 2 is 0.930 bits per heavy atom. The third-order valence-electron chi connectivity index (χ3n) is 13.8. The van der Waals surface area contributed by atoms with Crippen molar-refractivity contribution >= 4 is 11.9 Å². The van der Waals surface area contributed by atoms with Gasteiger partial charge in [-0.1, -0.05) is 156 Å². The van der Waals surface area contributed by atoms with E-state index in [2.05, 4.69) is 37.5 Å². The molecule has 0 aromatic rings. The van der Waals surface area contributed by atoms with Gasteiger partial charge in [-0.05, 0) is 115 Å². The van der Waals surface area contributed by atoms with Crippen LogP contribution in [0, 0.1) is 17.3 Å². The van der Waals surface area contributed by atoms with Crippen LogP contribution in [-0.2, 0) is 19.1 Å². The summed E-state index contributed by atoms with van der Waals surface area (Å²) in [6, 6.07) is 0.173. The van der Waals surface area contributed by atoms with Gasteiger partial charge in [0.2, 0.25) is 0 Å². The number of nitrogens with zero attached hydrogens (tertiary/aromatic N) is 2. The summed E-state index contributed by atoms with van der Waals surface area (Å²) in [6.45, 7) is 15.8. The van der Waals surface area contributed by atoms with Crippen molar-refractivity contribution < 1.29 is 24.2 Å². The van der Waals surface area contributed by atoms with Crippen molar-refractivity contribution in [1.82, 2.24) is 9.80 Å². The SMILES string of the molecule is CCCCCCCCC(CCCCCC)C(=O)OCCCC(COC(=O)C(CCCCCC)CCCCCCCC)N1CCC2(CCN(CCCCO)CC2)CC1. The third-order valence-corrected chi connectivity index (χ3v) is 13.8. The molecule has 1 spiro atoms. The zero-order valence-electron chi connectivity index (χ0n) is 38.5. The number of esters is 2. The van der Waals surface area contributed by atoms with Crippen molar-refractivity contribution in [1.29, 1.82) is 0 Å². The molecule has 0 amide bonds. The molecule has 0 aromatic carbocycles. The van der Waals surface area contributed by atoms with Gasteiger partial charge in [-0.25, -0.2) is 0 Å². The quantitative estimate of drug-likeness (QED) is 0.0495. The first-order chi connectivity index (χ1) is 27.9. The van der Waals surface area contributed by atoms with Crippen molar-refractivity contribution in [2.24, 2.45) is 17.3 Å². The first kappa shape index (κ1) is 52.0. The van der Waals surface area contributed by atoms with E-state index in [1.807, 2.05) is 0 Å². The maximum Gasteiger partial charge on any atom is 0.308 e. The van der Waals surface area contributed by atoms with Crippen LogP contribution in [0.15, 0.2) is 0 Å². The number of likely N-dealkylation sites (tertiary alicyclic amines) is 2. The lowest BCUT2D eigenvalue weighted by atomic mass is 9.71. The highest BCUT2D eigenvalue weighted by molar-refractivity contribution is 5.72. The first-order valence-corrected chi connectivity index (χ1v) is 25.3. The predicted octanol–water partition coefficient (Wildman–Crippen LogP) is 12.8. The Kier molecular flexibility index (Phi) is 31.5. The molecule has 7 heteroatoms. The van der Waals surface area contributed by atoms with Crippen LogP contribution in [-0.4, -0.2) is 85.4 Å². The molecule has 0 aromatic heterocycles. The maximum absolute atomic E-state index is 13.8. The average Bonchev–Trinajstić information content (AvgIpc) is 3.22. The number of unbranched alkanes of at least 4 members (excludes halogenated alkanes) is 17. The fraction of sp³-hybridized carbons (Fsp3) is 0.960. The molecule has 2 aliphatic heterocycles. The summed E-state index contributed by atoms with van der Waals surface area (Å²) < 4.78 is 12.4. The van der Waals surface area contributed by atoms with Crippen LogP contribution in [0.1, 0.15) is 233 Å². The van der Waals surface area contributed by atoms with Crippen LogP contribution in [0.3, 0.4) is 0 Å². The number of carbonyl (C=O) groups is 2. The van der Waals surface area contributed by atoms with Gasteiger partial charge in [0.15, 0.2) is 0 Å². The average molecular weight is 805 g/mol. The molecule has 2 aliphatic rings. The van der Waals surface area contributed by atoms with Gasteiger partial charge in [0.25, 0.3) is 0 Å². The molecular formula is C50H96N2O5. The van der Waals surface area contributed by atoms with E-state index >= 15 is 0 Å². The molecule has 0 radical (unpaired) electrons. The summed E-state index contributed by atoms with van der Waals surface area (Å²) in [7, 11) is 0. The van der Waals surface area contributed by atoms with E-state index in [0.717, 1.165) is 96.7 Å². The van der Waals surface area contributed by atoms with Crippen molar-refractivity contribution in [3.05, 3.63) is 0 Å². The van der Waals surface area contributed by atoms with Crippen LogP contribution in [0.4, 0.5) is 0 Å². The molecular weight excluding hydrogens is 709 g/mol. The molecule has 0 bridgehead atoms. The molecule has 2 rings (SSSR count). The molecule has 3 atom stereocenters. The van der Waals surface area contributed by atoms with Crippen molar-refractivity contribution in [2.75, 3.05) is 52.5 Å². The van der Waals surface area contributed by atoms with E-state index in [-0.39, 0.29) is 29.8 Å².